The van der Waals surface area contributed by atoms with E-state index >= 15 is 0 Å². The molecular formula is C27H30F4N4O3. The van der Waals surface area contributed by atoms with Gasteiger partial charge in [0.05, 0.1) is 29.8 Å². The van der Waals surface area contributed by atoms with Gasteiger partial charge >= 0.3 is 12.3 Å². The Morgan fingerprint density at radius 3 is 2.34 bits per heavy atom. The van der Waals surface area contributed by atoms with E-state index in [1.165, 1.54) is 12.1 Å². The first kappa shape index (κ1) is 26.1. The third-order valence-electron chi connectivity index (χ3n) is 7.67. The van der Waals surface area contributed by atoms with Crippen molar-refractivity contribution in [1.82, 2.24) is 9.80 Å². The minimum absolute atomic E-state index is 0.155. The van der Waals surface area contributed by atoms with Gasteiger partial charge < -0.3 is 24.3 Å². The number of alkyl halides is 3. The lowest BCUT2D eigenvalue weighted by Gasteiger charge is -2.50. The van der Waals surface area contributed by atoms with Crippen LogP contribution in [0.1, 0.15) is 18.1 Å². The number of anilines is 2. The Morgan fingerprint density at radius 1 is 0.947 bits per heavy atom. The van der Waals surface area contributed by atoms with Crippen LogP contribution in [0.15, 0.2) is 42.5 Å². The van der Waals surface area contributed by atoms with Crippen LogP contribution in [0.4, 0.5) is 33.7 Å². The summed E-state index contributed by atoms with van der Waals surface area (Å²) in [6.45, 7) is 4.53. The monoisotopic (exact) mass is 534 g/mol. The van der Waals surface area contributed by atoms with Crippen molar-refractivity contribution in [3.05, 3.63) is 59.4 Å². The highest BCUT2D eigenvalue weighted by molar-refractivity contribution is 5.83. The van der Waals surface area contributed by atoms with Crippen LogP contribution in [-0.2, 0) is 22.1 Å². The molecule has 204 valence electrons. The van der Waals surface area contributed by atoms with Crippen molar-refractivity contribution >= 4 is 23.4 Å². The minimum Gasteiger partial charge on any atom is -0.450 e. The zero-order valence-corrected chi connectivity index (χ0v) is 21.1. The van der Waals surface area contributed by atoms with Gasteiger partial charge in [0.15, 0.2) is 0 Å². The average molecular weight is 535 g/mol. The first-order valence-corrected chi connectivity index (χ1v) is 12.8. The number of rotatable bonds is 3. The second-order valence-electron chi connectivity index (χ2n) is 9.82. The van der Waals surface area contributed by atoms with E-state index in [-0.39, 0.29) is 30.8 Å². The molecule has 7 nitrogen and oxygen atoms in total. The molecule has 0 aromatic heterocycles. The Morgan fingerprint density at radius 2 is 1.66 bits per heavy atom. The predicted octanol–water partition coefficient (Wildman–Crippen LogP) is 4.01. The molecule has 2 aromatic carbocycles. The zero-order valence-electron chi connectivity index (χ0n) is 21.1. The number of hydrogen-bond acceptors (Lipinski definition) is 5. The second-order valence-corrected chi connectivity index (χ2v) is 9.82. The maximum Gasteiger partial charge on any atom is 0.416 e. The third-order valence-corrected chi connectivity index (χ3v) is 7.67. The molecule has 0 spiro atoms. The molecule has 2 amide bonds. The van der Waals surface area contributed by atoms with E-state index in [9.17, 15) is 27.2 Å². The molecule has 3 aliphatic heterocycles. The number of fused-ring (bicyclic) bond motifs is 3. The standard InChI is InChI=1S/C27H30F4N4O3/c1-2-38-26(37)33-11-9-32(10-12-33)25(36)20-16-18-15-19(27(29,30)31)7-8-22(18)35-14-13-34(17-24(20)35)23-6-4-3-5-21(23)28/h3-8,15,20,24H,2,9-14,16-17H2,1H3/t20-,24-/m0/s1. The Labute approximate surface area is 218 Å². The molecule has 0 N–H and O–H groups in total. The van der Waals surface area contributed by atoms with E-state index in [1.54, 1.807) is 34.9 Å². The number of amides is 2. The molecule has 3 heterocycles. The van der Waals surface area contributed by atoms with E-state index in [0.717, 1.165) is 12.1 Å². The predicted molar refractivity (Wildman–Crippen MR) is 134 cm³/mol. The maximum absolute atomic E-state index is 14.6. The van der Waals surface area contributed by atoms with Crippen LogP contribution in [-0.4, -0.2) is 80.3 Å². The third kappa shape index (κ3) is 4.98. The zero-order chi connectivity index (χ0) is 27.0. The summed E-state index contributed by atoms with van der Waals surface area (Å²) in [7, 11) is 0. The number of carbonyl (C=O) groups is 2. The molecule has 11 heteroatoms. The van der Waals surface area contributed by atoms with E-state index in [2.05, 4.69) is 0 Å². The molecule has 0 unspecified atom stereocenters. The summed E-state index contributed by atoms with van der Waals surface area (Å²) in [6.07, 6.45) is -4.76. The molecule has 2 saturated heterocycles. The normalized spacial score (nSPS) is 21.6. The lowest BCUT2D eigenvalue weighted by molar-refractivity contribution is -0.138. The van der Waals surface area contributed by atoms with Crippen molar-refractivity contribution in [3.8, 4) is 0 Å². The molecule has 2 aromatic rings. The summed E-state index contributed by atoms with van der Waals surface area (Å²) in [5, 5.41) is 0. The van der Waals surface area contributed by atoms with Crippen molar-refractivity contribution in [2.45, 2.75) is 25.6 Å². The molecule has 5 rings (SSSR count). The van der Waals surface area contributed by atoms with Gasteiger partial charge in [0.2, 0.25) is 5.91 Å². The molecule has 0 aliphatic carbocycles. The van der Waals surface area contributed by atoms with Crippen molar-refractivity contribution in [1.29, 1.82) is 0 Å². The number of halogens is 4. The summed E-state index contributed by atoms with van der Waals surface area (Å²) in [4.78, 5) is 33.1. The van der Waals surface area contributed by atoms with Crippen LogP contribution >= 0.6 is 0 Å². The van der Waals surface area contributed by atoms with Crippen LogP contribution in [0.3, 0.4) is 0 Å². The Hall–Kier alpha value is -3.50. The topological polar surface area (TPSA) is 56.3 Å². The van der Waals surface area contributed by atoms with E-state index in [4.69, 9.17) is 4.74 Å². The smallest absolute Gasteiger partial charge is 0.416 e. The maximum atomic E-state index is 14.6. The van der Waals surface area contributed by atoms with Crippen molar-refractivity contribution in [2.75, 3.05) is 62.2 Å². The van der Waals surface area contributed by atoms with Gasteiger partial charge in [-0.3, -0.25) is 4.79 Å². The van der Waals surface area contributed by atoms with Crippen molar-refractivity contribution in [2.24, 2.45) is 5.92 Å². The highest BCUT2D eigenvalue weighted by atomic mass is 19.4. The van der Waals surface area contributed by atoms with Crippen LogP contribution in [0.2, 0.25) is 0 Å². The molecule has 38 heavy (non-hydrogen) atoms. The summed E-state index contributed by atoms with van der Waals surface area (Å²) in [6, 6.07) is 9.83. The van der Waals surface area contributed by atoms with Crippen LogP contribution < -0.4 is 9.80 Å². The van der Waals surface area contributed by atoms with Crippen molar-refractivity contribution < 1.29 is 31.9 Å². The second kappa shape index (κ2) is 10.3. The van der Waals surface area contributed by atoms with Crippen LogP contribution in [0.25, 0.3) is 0 Å². The Balaban J connectivity index is 1.42. The fourth-order valence-electron chi connectivity index (χ4n) is 5.77. The fourth-order valence-corrected chi connectivity index (χ4v) is 5.77. The molecule has 2 atom stereocenters. The van der Waals surface area contributed by atoms with E-state index in [0.29, 0.717) is 62.8 Å². The summed E-state index contributed by atoms with van der Waals surface area (Å²) in [5.74, 6) is -1.14. The molecule has 0 bridgehead atoms. The first-order chi connectivity index (χ1) is 18.2. The van der Waals surface area contributed by atoms with Gasteiger partial charge in [-0.1, -0.05) is 12.1 Å². The quantitative estimate of drug-likeness (QED) is 0.557. The van der Waals surface area contributed by atoms with E-state index in [1.807, 2.05) is 9.80 Å². The molecule has 2 fully saturated rings. The summed E-state index contributed by atoms with van der Waals surface area (Å²) >= 11 is 0. The molecule has 3 aliphatic rings. The number of benzene rings is 2. The average Bonchev–Trinajstić information content (AvgIpc) is 2.91. The molecule has 0 radical (unpaired) electrons. The molecular weight excluding hydrogens is 504 g/mol. The van der Waals surface area contributed by atoms with Crippen LogP contribution in [0.5, 0.6) is 0 Å². The van der Waals surface area contributed by atoms with Crippen LogP contribution in [0, 0.1) is 11.7 Å². The lowest BCUT2D eigenvalue weighted by Crippen LogP contribution is -2.62. The Kier molecular flexibility index (Phi) is 7.11. The largest absolute Gasteiger partial charge is 0.450 e. The number of hydrogen-bond donors (Lipinski definition) is 0. The highest BCUT2D eigenvalue weighted by Crippen LogP contribution is 2.41. The Bertz CT molecular complexity index is 1200. The summed E-state index contributed by atoms with van der Waals surface area (Å²) in [5.41, 5.74) is 0.875. The number of ether oxygens (including phenoxy) is 1. The van der Waals surface area contributed by atoms with Gasteiger partial charge in [0.1, 0.15) is 5.82 Å². The van der Waals surface area contributed by atoms with Gasteiger partial charge in [0.25, 0.3) is 0 Å². The van der Waals surface area contributed by atoms with Gasteiger partial charge in [-0.05, 0) is 49.2 Å². The van der Waals surface area contributed by atoms with Gasteiger partial charge in [-0.25, -0.2) is 9.18 Å². The number of para-hydroxylation sites is 1. The van der Waals surface area contributed by atoms with Gasteiger partial charge in [0, 0.05) is 51.5 Å². The van der Waals surface area contributed by atoms with Gasteiger partial charge in [-0.15, -0.1) is 0 Å². The van der Waals surface area contributed by atoms with Gasteiger partial charge in [-0.2, -0.15) is 13.2 Å². The summed E-state index contributed by atoms with van der Waals surface area (Å²) < 4.78 is 60.2. The van der Waals surface area contributed by atoms with E-state index < -0.39 is 23.8 Å². The molecule has 0 saturated carbocycles. The first-order valence-electron chi connectivity index (χ1n) is 12.8. The lowest BCUT2D eigenvalue weighted by atomic mass is 9.82. The van der Waals surface area contributed by atoms with Crippen molar-refractivity contribution in [3.63, 3.8) is 0 Å². The SMILES string of the molecule is CCOC(=O)N1CCN(C(=O)[C@H]2Cc3cc(C(F)(F)F)ccc3N3CCN(c4ccccc4F)C[C@@H]23)CC1. The number of carbonyl (C=O) groups excluding carboxylic acids is 2. The fraction of sp³-hybridized carbons (Fsp3) is 0.481. The highest BCUT2D eigenvalue weighted by Gasteiger charge is 2.44. The number of nitrogens with zero attached hydrogens (tertiary/aromatic N) is 4. The minimum atomic E-state index is -4.49. The number of piperazine rings is 2.